The molecular formula is C2HCl3F3NdO2. The average molecular weight is 365 g/mol. The summed E-state index contributed by atoms with van der Waals surface area (Å²) in [6.07, 6.45) is -5.08. The topological polar surface area (TPSA) is 37.3 Å². The number of alkyl halides is 3. The molecule has 11 heavy (non-hydrogen) atoms. The first-order chi connectivity index (χ1) is 2.94. The molecule has 0 amide bonds. The fourth-order valence-electron chi connectivity index (χ4n) is 0. The van der Waals surface area contributed by atoms with E-state index in [1.807, 2.05) is 0 Å². The first kappa shape index (κ1) is 29.4. The predicted molar refractivity (Wildman–Crippen MR) is 13.7 cm³/mol. The van der Waals surface area contributed by atoms with Crippen molar-refractivity contribution in [1.82, 2.24) is 0 Å². The van der Waals surface area contributed by atoms with E-state index in [9.17, 15) is 13.2 Å². The minimum absolute atomic E-state index is 0. The Morgan fingerprint density at radius 2 is 1.18 bits per heavy atom. The average Bonchev–Trinajstić information content (AvgIpc) is 1.31. The molecule has 0 spiro atoms. The maximum Gasteiger partial charge on any atom is 3.00 e. The SMILES string of the molecule is O=C(O)C(F)(F)F.[Cl-].[Cl-].[Cl-].[Nd+3]. The van der Waals surface area contributed by atoms with Crippen molar-refractivity contribution in [1.29, 1.82) is 0 Å². The Hall–Kier alpha value is 1.48. The van der Waals surface area contributed by atoms with E-state index < -0.39 is 12.1 Å². The second kappa shape index (κ2) is 11.5. The van der Waals surface area contributed by atoms with Crippen LogP contribution in [0.1, 0.15) is 0 Å². The Kier molecular flexibility index (Phi) is 30.7. The Balaban J connectivity index is -0.0000000300. The monoisotopic (exact) mass is 361 g/mol. The van der Waals surface area contributed by atoms with Crippen LogP contribution < -0.4 is 37.2 Å². The van der Waals surface area contributed by atoms with Crippen molar-refractivity contribution >= 4 is 5.97 Å². The van der Waals surface area contributed by atoms with Gasteiger partial charge in [-0.25, -0.2) is 4.79 Å². The molecule has 0 aromatic heterocycles. The van der Waals surface area contributed by atoms with E-state index >= 15 is 0 Å². The second-order valence-corrected chi connectivity index (χ2v) is 0.803. The number of hydrogen-bond acceptors (Lipinski definition) is 1. The molecule has 9 heteroatoms. The molecule has 0 saturated carbocycles. The Morgan fingerprint density at radius 3 is 1.18 bits per heavy atom. The zero-order chi connectivity index (χ0) is 6.08. The van der Waals surface area contributed by atoms with Crippen molar-refractivity contribution < 1.29 is 101 Å². The van der Waals surface area contributed by atoms with Crippen LogP contribution in [0.25, 0.3) is 0 Å². The molecule has 1 radical (unpaired) electrons. The minimum Gasteiger partial charge on any atom is -1.00 e. The molecule has 0 aromatic carbocycles. The van der Waals surface area contributed by atoms with Crippen LogP contribution in [0.4, 0.5) is 13.2 Å². The molecule has 0 aliphatic carbocycles. The molecule has 0 saturated heterocycles. The summed E-state index contributed by atoms with van der Waals surface area (Å²) in [5, 5.41) is 7.12. The van der Waals surface area contributed by atoms with Crippen LogP contribution in [0.15, 0.2) is 0 Å². The van der Waals surface area contributed by atoms with Gasteiger partial charge in [-0.2, -0.15) is 13.2 Å². The molecule has 0 fully saturated rings. The van der Waals surface area contributed by atoms with E-state index in [1.54, 1.807) is 0 Å². The number of aliphatic carboxylic acids is 1. The zero-order valence-corrected chi connectivity index (χ0v) is 10.1. The largest absolute Gasteiger partial charge is 3.00 e. The third-order valence-corrected chi connectivity index (χ3v) is 0.243. The van der Waals surface area contributed by atoms with Crippen LogP contribution in [0.5, 0.6) is 0 Å². The fourth-order valence-corrected chi connectivity index (χ4v) is 0. The number of halogens is 6. The molecule has 67 valence electrons. The van der Waals surface area contributed by atoms with Gasteiger partial charge in [-0.15, -0.1) is 0 Å². The molecule has 0 rings (SSSR count). The number of carboxylic acid groups (broad SMARTS) is 1. The van der Waals surface area contributed by atoms with E-state index in [0.29, 0.717) is 0 Å². The molecule has 0 unspecified atom stereocenters. The van der Waals surface area contributed by atoms with Crippen molar-refractivity contribution in [3.63, 3.8) is 0 Å². The molecule has 0 bridgehead atoms. The molecule has 0 atom stereocenters. The van der Waals surface area contributed by atoms with E-state index in [4.69, 9.17) is 9.90 Å². The molecule has 0 aliphatic rings. The third-order valence-electron chi connectivity index (χ3n) is 0.243. The van der Waals surface area contributed by atoms with Crippen molar-refractivity contribution in [3.05, 3.63) is 0 Å². The Labute approximate surface area is 112 Å². The van der Waals surface area contributed by atoms with Gasteiger partial charge in [-0.3, -0.25) is 0 Å². The number of rotatable bonds is 0. The summed E-state index contributed by atoms with van der Waals surface area (Å²) in [6, 6.07) is 0. The van der Waals surface area contributed by atoms with E-state index in [2.05, 4.69) is 0 Å². The third kappa shape index (κ3) is 18.4. The summed E-state index contributed by atoms with van der Waals surface area (Å²) in [5.74, 6) is -2.76. The maximum absolute atomic E-state index is 10.6. The first-order valence-electron chi connectivity index (χ1n) is 1.24. The van der Waals surface area contributed by atoms with Crippen LogP contribution in [0.2, 0.25) is 0 Å². The summed E-state index contributed by atoms with van der Waals surface area (Å²) in [4.78, 5) is 8.90. The van der Waals surface area contributed by atoms with Gasteiger partial charge in [0.2, 0.25) is 0 Å². The van der Waals surface area contributed by atoms with Crippen LogP contribution in [-0.4, -0.2) is 17.3 Å². The van der Waals surface area contributed by atoms with Crippen molar-refractivity contribution in [2.24, 2.45) is 0 Å². The van der Waals surface area contributed by atoms with Gasteiger partial charge >= 0.3 is 53.0 Å². The van der Waals surface area contributed by atoms with Crippen LogP contribution >= 0.6 is 0 Å². The maximum atomic E-state index is 10.6. The standard InChI is InChI=1S/C2HF3O2.3ClH.Nd/c3-2(4,5)1(6)7;;;;/h(H,6,7);3*1H;/q;;;;+3/p-3. The minimum atomic E-state index is -5.08. The molecule has 0 aliphatic heterocycles. The Bertz CT molecular complexity index is 97.1. The second-order valence-electron chi connectivity index (χ2n) is 0.803. The van der Waals surface area contributed by atoms with Crippen LogP contribution in [0, 0.1) is 40.8 Å². The summed E-state index contributed by atoms with van der Waals surface area (Å²) in [5.41, 5.74) is 0. The van der Waals surface area contributed by atoms with E-state index in [0.717, 1.165) is 0 Å². The van der Waals surface area contributed by atoms with E-state index in [1.165, 1.54) is 0 Å². The molecule has 0 heterocycles. The molecule has 1 N–H and O–H groups in total. The smallest absolute Gasteiger partial charge is 1.00 e. The number of hydrogen-bond donors (Lipinski definition) is 1. The quantitative estimate of drug-likeness (QED) is 0.464. The number of carbonyl (C=O) groups is 1. The zero-order valence-electron chi connectivity index (χ0n) is 4.62. The fraction of sp³-hybridized carbons (Fsp3) is 0.500. The van der Waals surface area contributed by atoms with Gasteiger partial charge in [-0.05, 0) is 0 Å². The Morgan fingerprint density at radius 1 is 1.09 bits per heavy atom. The summed E-state index contributed by atoms with van der Waals surface area (Å²) in [6.45, 7) is 0. The molecule has 2 nitrogen and oxygen atoms in total. The summed E-state index contributed by atoms with van der Waals surface area (Å²) >= 11 is 0. The van der Waals surface area contributed by atoms with Crippen LogP contribution in [0.3, 0.4) is 0 Å². The first-order valence-corrected chi connectivity index (χ1v) is 1.24. The summed E-state index contributed by atoms with van der Waals surface area (Å²) in [7, 11) is 0. The van der Waals surface area contributed by atoms with Gasteiger partial charge in [0.25, 0.3) is 0 Å². The van der Waals surface area contributed by atoms with Gasteiger partial charge in [0.05, 0.1) is 0 Å². The number of carboxylic acids is 1. The molecular weight excluding hydrogens is 364 g/mol. The van der Waals surface area contributed by atoms with Crippen molar-refractivity contribution in [2.45, 2.75) is 6.18 Å². The van der Waals surface area contributed by atoms with Crippen molar-refractivity contribution in [3.8, 4) is 0 Å². The summed E-state index contributed by atoms with van der Waals surface area (Å²) < 4.78 is 31.7. The van der Waals surface area contributed by atoms with Gasteiger partial charge in [0, 0.05) is 0 Å². The predicted octanol–water partition coefficient (Wildman–Crippen LogP) is -8.35. The van der Waals surface area contributed by atoms with Gasteiger partial charge in [0.1, 0.15) is 0 Å². The van der Waals surface area contributed by atoms with Gasteiger partial charge < -0.3 is 42.3 Å². The van der Waals surface area contributed by atoms with Gasteiger partial charge in [0.15, 0.2) is 0 Å². The van der Waals surface area contributed by atoms with E-state index in [-0.39, 0.29) is 78.1 Å². The van der Waals surface area contributed by atoms with Crippen LogP contribution in [-0.2, 0) is 4.79 Å². The normalized spacial score (nSPS) is 7.18. The molecule has 0 aromatic rings. The van der Waals surface area contributed by atoms with Gasteiger partial charge in [-0.1, -0.05) is 0 Å². The van der Waals surface area contributed by atoms with Crippen molar-refractivity contribution in [2.75, 3.05) is 0 Å².